The van der Waals surface area contributed by atoms with E-state index in [4.69, 9.17) is 29.3 Å². The smallest absolute Gasteiger partial charge is 0.381 e. The fourth-order valence-corrected chi connectivity index (χ4v) is 1.71. The van der Waals surface area contributed by atoms with Gasteiger partial charge in [0, 0.05) is 32.3 Å². The van der Waals surface area contributed by atoms with Crippen molar-refractivity contribution in [2.45, 2.75) is 20.3 Å². The van der Waals surface area contributed by atoms with Crippen molar-refractivity contribution in [3.63, 3.8) is 0 Å². The number of aryl methyl sites for hydroxylation is 1. The molecule has 1 aromatic heterocycles. The zero-order chi connectivity index (χ0) is 18.6. The maximum absolute atomic E-state index is 7.12. The number of aromatic nitrogens is 2. The van der Waals surface area contributed by atoms with Crippen LogP contribution in [0.4, 0.5) is 0 Å². The average Bonchev–Trinajstić information content (AvgIpc) is 2.33. The molecule has 1 heterocycles. The topological polar surface area (TPSA) is 62.7 Å². The van der Waals surface area contributed by atoms with Gasteiger partial charge in [-0.15, -0.1) is 0 Å². The summed E-state index contributed by atoms with van der Waals surface area (Å²) in [5.74, 6) is 0.311. The van der Waals surface area contributed by atoms with Crippen molar-refractivity contribution < 1.29 is 26.5 Å². The lowest BCUT2D eigenvalue weighted by Crippen LogP contribution is -2.04. The third-order valence-corrected chi connectivity index (χ3v) is 3.29. The molecule has 0 N–H and O–H groups in total. The number of hydrogen-bond donors (Lipinski definition) is 0. The second-order valence-electron chi connectivity index (χ2n) is 2.97. The summed E-state index contributed by atoms with van der Waals surface area (Å²) in [6.45, 7) is -0.341. The van der Waals surface area contributed by atoms with Gasteiger partial charge in [-0.25, -0.2) is 0 Å². The van der Waals surface area contributed by atoms with Crippen molar-refractivity contribution in [3.05, 3.63) is 11.9 Å². The van der Waals surface area contributed by atoms with Crippen molar-refractivity contribution in [1.29, 1.82) is 0 Å². The van der Waals surface area contributed by atoms with Crippen LogP contribution in [0.25, 0.3) is 0 Å². The van der Waals surface area contributed by atoms with Crippen molar-refractivity contribution in [2.75, 3.05) is 20.7 Å². The van der Waals surface area contributed by atoms with E-state index >= 15 is 0 Å². The van der Waals surface area contributed by atoms with Crippen LogP contribution >= 0.6 is 6.72 Å². The first-order valence-electron chi connectivity index (χ1n) is 8.08. The summed E-state index contributed by atoms with van der Waals surface area (Å²) >= 11 is 4.89. The maximum Gasteiger partial charge on any atom is 0.381 e. The summed E-state index contributed by atoms with van der Waals surface area (Å²) in [5.41, 5.74) is 0. The molecule has 0 saturated heterocycles. The summed E-state index contributed by atoms with van der Waals surface area (Å²) in [5, 5.41) is 0. The summed E-state index contributed by atoms with van der Waals surface area (Å²) in [7, 11) is -6.02. The molecule has 6 nitrogen and oxygen atoms in total. The molecule has 0 aromatic carbocycles. The minimum Gasteiger partial charge on any atom is -0.478 e. The molecule has 0 unspecified atom stereocenters. The molecule has 1 rings (SSSR count). The predicted octanol–water partition coefficient (Wildman–Crippen LogP) is 2.33. The van der Waals surface area contributed by atoms with Gasteiger partial charge in [-0.1, -0.05) is 6.92 Å². The third-order valence-electron chi connectivity index (χ3n) is 1.76. The van der Waals surface area contributed by atoms with E-state index in [9.17, 15) is 0 Å². The Morgan fingerprint density at radius 1 is 1.28 bits per heavy atom. The number of hydrogen-bond acceptors (Lipinski definition) is 7. The Balaban J connectivity index is 3.18. The second-order valence-corrected chi connectivity index (χ2v) is 5.75. The van der Waals surface area contributed by atoms with E-state index < -0.39 is 20.8 Å². The van der Waals surface area contributed by atoms with Crippen LogP contribution in [0.1, 0.15) is 27.9 Å². The highest BCUT2D eigenvalue weighted by Gasteiger charge is 2.20. The molecule has 0 spiro atoms. The molecule has 0 atom stereocenters. The minimum atomic E-state index is -4.19. The molecule has 0 radical (unpaired) electrons. The largest absolute Gasteiger partial charge is 0.478 e. The Bertz CT molecular complexity index is 592. The Morgan fingerprint density at radius 3 is 2.50 bits per heavy atom. The number of ether oxygens (including phenoxy) is 1. The average molecular weight is 298 g/mol. The fraction of sp³-hybridized carbons (Fsp3) is 0.600. The standard InChI is InChI=1S/C10H17N2O4PS/c1-5-8-11-9(15-6-2)7-10(12-8)16-17(18,13-3)14-4/h7H,5-6H2,1-4H3/i3D3,4D3. The summed E-state index contributed by atoms with van der Waals surface area (Å²) < 4.78 is 62.4. The van der Waals surface area contributed by atoms with Crippen LogP contribution in [0.2, 0.25) is 0 Å². The number of rotatable bonds is 7. The SMILES string of the molecule is [2H]C([2H])([2H])OP(=S)(Oc1cc(OCC)nc(CC)n1)OC([2H])([2H])[2H]. The highest BCUT2D eigenvalue weighted by atomic mass is 32.5. The first-order valence-corrected chi connectivity index (χ1v) is 7.63. The summed E-state index contributed by atoms with van der Waals surface area (Å²) in [6, 6.07) is 1.25. The molecule has 18 heavy (non-hydrogen) atoms. The molecule has 0 amide bonds. The lowest BCUT2D eigenvalue weighted by atomic mass is 10.4. The van der Waals surface area contributed by atoms with Gasteiger partial charge in [0.1, 0.15) is 5.82 Å². The Kier molecular flexibility index (Phi) is 3.27. The van der Waals surface area contributed by atoms with Crippen LogP contribution < -0.4 is 9.26 Å². The van der Waals surface area contributed by atoms with Gasteiger partial charge in [-0.3, -0.25) is 0 Å². The van der Waals surface area contributed by atoms with Gasteiger partial charge in [0.05, 0.1) is 20.9 Å². The monoisotopic (exact) mass is 298 g/mol. The van der Waals surface area contributed by atoms with E-state index in [2.05, 4.69) is 19.0 Å². The van der Waals surface area contributed by atoms with E-state index in [0.29, 0.717) is 18.9 Å². The van der Waals surface area contributed by atoms with Gasteiger partial charge in [0.2, 0.25) is 11.8 Å². The van der Waals surface area contributed by atoms with Crippen LogP contribution in [0.15, 0.2) is 6.07 Å². The summed E-state index contributed by atoms with van der Waals surface area (Å²) in [4.78, 5) is 8.08. The Hall–Kier alpha value is -0.750. The second kappa shape index (κ2) is 6.99. The van der Waals surface area contributed by atoms with Crippen LogP contribution in [0, 0.1) is 0 Å². The third kappa shape index (κ3) is 4.17. The molecule has 0 bridgehead atoms. The zero-order valence-electron chi connectivity index (χ0n) is 15.9. The van der Waals surface area contributed by atoms with Crippen LogP contribution in [0.3, 0.4) is 0 Å². The minimum absolute atomic E-state index is 0.170. The Labute approximate surface area is 120 Å². The van der Waals surface area contributed by atoms with Gasteiger partial charge >= 0.3 is 6.72 Å². The van der Waals surface area contributed by atoms with E-state index in [0.717, 1.165) is 0 Å². The lowest BCUT2D eigenvalue weighted by molar-refractivity contribution is 0.268. The van der Waals surface area contributed by atoms with E-state index in [1.54, 1.807) is 13.8 Å². The zero-order valence-corrected chi connectivity index (χ0v) is 11.6. The van der Waals surface area contributed by atoms with Gasteiger partial charge in [0.15, 0.2) is 0 Å². The lowest BCUT2D eigenvalue weighted by Gasteiger charge is -2.18. The normalized spacial score (nSPS) is 17.7. The predicted molar refractivity (Wildman–Crippen MR) is 71.5 cm³/mol. The molecule has 0 aliphatic carbocycles. The molecule has 0 aliphatic rings. The van der Waals surface area contributed by atoms with Crippen molar-refractivity contribution in [2.24, 2.45) is 0 Å². The molecule has 102 valence electrons. The van der Waals surface area contributed by atoms with Gasteiger partial charge in [-0.2, -0.15) is 9.97 Å². The van der Waals surface area contributed by atoms with Crippen LogP contribution in [0.5, 0.6) is 11.8 Å². The highest BCUT2D eigenvalue weighted by Crippen LogP contribution is 2.47. The molecule has 0 saturated carbocycles. The molecular weight excluding hydrogens is 275 g/mol. The summed E-state index contributed by atoms with van der Waals surface area (Å²) in [6.07, 6.45) is 0.431. The molecular formula is C10H17N2O4PS. The highest BCUT2D eigenvalue weighted by molar-refractivity contribution is 8.07. The van der Waals surface area contributed by atoms with Crippen LogP contribution in [-0.4, -0.2) is 30.7 Å². The fourth-order valence-electron chi connectivity index (χ4n) is 1.05. The van der Waals surface area contributed by atoms with Gasteiger partial charge in [0.25, 0.3) is 0 Å². The van der Waals surface area contributed by atoms with E-state index in [-0.39, 0.29) is 11.8 Å². The Morgan fingerprint density at radius 2 is 1.94 bits per heavy atom. The van der Waals surface area contributed by atoms with Crippen LogP contribution in [-0.2, 0) is 27.3 Å². The molecule has 1 aromatic rings. The molecule has 0 fully saturated rings. The van der Waals surface area contributed by atoms with Crippen molar-refractivity contribution in [3.8, 4) is 11.8 Å². The van der Waals surface area contributed by atoms with E-state index in [1.165, 1.54) is 6.07 Å². The molecule has 0 aliphatic heterocycles. The van der Waals surface area contributed by atoms with E-state index in [1.807, 2.05) is 0 Å². The first kappa shape index (κ1) is 8.43. The van der Waals surface area contributed by atoms with Gasteiger partial charge < -0.3 is 18.3 Å². The van der Waals surface area contributed by atoms with Crippen molar-refractivity contribution >= 4 is 18.5 Å². The quantitative estimate of drug-likeness (QED) is 0.716. The maximum atomic E-state index is 7.12. The number of nitrogens with zero attached hydrogens (tertiary/aromatic N) is 2. The van der Waals surface area contributed by atoms with Crippen molar-refractivity contribution in [1.82, 2.24) is 9.97 Å². The first-order chi connectivity index (χ1) is 10.9. The van der Waals surface area contributed by atoms with Gasteiger partial charge in [-0.05, 0) is 6.92 Å². The molecule has 8 heteroatoms.